The monoisotopic (exact) mass is 490 g/mol. The summed E-state index contributed by atoms with van der Waals surface area (Å²) in [6.45, 7) is 7.06. The topological polar surface area (TPSA) is 61.6 Å². The summed E-state index contributed by atoms with van der Waals surface area (Å²) in [4.78, 5) is 22.9. The summed E-state index contributed by atoms with van der Waals surface area (Å²) in [5.41, 5.74) is 3.91. The Bertz CT molecular complexity index is 1300. The number of hydrogen-bond acceptors (Lipinski definition) is 6. The third-order valence-electron chi connectivity index (χ3n) is 6.55. The van der Waals surface area contributed by atoms with Crippen LogP contribution in [0.15, 0.2) is 71.6 Å². The van der Waals surface area contributed by atoms with E-state index >= 15 is 0 Å². The highest BCUT2D eigenvalue weighted by Gasteiger charge is 2.32. The summed E-state index contributed by atoms with van der Waals surface area (Å²) < 4.78 is 19.7. The number of nitrogens with zero attached hydrogens (tertiary/aromatic N) is 3. The van der Waals surface area contributed by atoms with Crippen LogP contribution in [-0.4, -0.2) is 42.0 Å². The van der Waals surface area contributed by atoms with Crippen LogP contribution in [0.5, 0.6) is 0 Å². The van der Waals surface area contributed by atoms with Crippen LogP contribution < -0.4 is 10.2 Å². The predicted octanol–water partition coefficient (Wildman–Crippen LogP) is 5.66. The van der Waals surface area contributed by atoms with Crippen molar-refractivity contribution in [1.29, 1.82) is 0 Å². The number of carbonyl (C=O) groups excluding carboxylic acids is 1. The van der Waals surface area contributed by atoms with Crippen molar-refractivity contribution in [1.82, 2.24) is 9.88 Å². The smallest absolute Gasteiger partial charge is 0.291 e. The van der Waals surface area contributed by atoms with E-state index in [1.807, 2.05) is 24.4 Å². The Balaban J connectivity index is 1.47. The first-order chi connectivity index (χ1) is 17.0. The molecule has 1 aliphatic rings. The number of piperazine rings is 1. The van der Waals surface area contributed by atoms with Gasteiger partial charge in [0.15, 0.2) is 5.76 Å². The highest BCUT2D eigenvalue weighted by Crippen LogP contribution is 2.42. The van der Waals surface area contributed by atoms with Crippen molar-refractivity contribution in [2.75, 3.05) is 36.4 Å². The van der Waals surface area contributed by atoms with E-state index in [-0.39, 0.29) is 23.5 Å². The predicted molar refractivity (Wildman–Crippen MR) is 137 cm³/mol. The number of amides is 1. The first-order valence-corrected chi connectivity index (χ1v) is 12.4. The van der Waals surface area contributed by atoms with Gasteiger partial charge in [-0.1, -0.05) is 18.2 Å². The average Bonchev–Trinajstić information content (AvgIpc) is 3.51. The van der Waals surface area contributed by atoms with Crippen LogP contribution in [-0.2, 0) is 0 Å². The molecule has 1 aliphatic heterocycles. The molecule has 1 aromatic carbocycles. The number of furan rings is 1. The lowest BCUT2D eigenvalue weighted by Crippen LogP contribution is -2.48. The molecule has 5 rings (SSSR count). The zero-order chi connectivity index (χ0) is 24.4. The molecule has 0 radical (unpaired) electrons. The van der Waals surface area contributed by atoms with Crippen molar-refractivity contribution in [3.05, 3.63) is 100 Å². The number of hydrogen-bond donors (Lipinski definition) is 1. The first-order valence-electron chi connectivity index (χ1n) is 11.6. The molecule has 1 N–H and O–H groups in total. The van der Waals surface area contributed by atoms with Gasteiger partial charge in [0.1, 0.15) is 10.8 Å². The van der Waals surface area contributed by atoms with Crippen LogP contribution in [0.1, 0.15) is 38.2 Å². The maximum Gasteiger partial charge on any atom is 0.291 e. The maximum atomic E-state index is 14.4. The van der Waals surface area contributed by atoms with Gasteiger partial charge in [-0.05, 0) is 55.3 Å². The van der Waals surface area contributed by atoms with Gasteiger partial charge in [-0.25, -0.2) is 4.39 Å². The highest BCUT2D eigenvalue weighted by atomic mass is 32.1. The third-order valence-corrected chi connectivity index (χ3v) is 7.69. The van der Waals surface area contributed by atoms with E-state index in [2.05, 4.69) is 40.0 Å². The Kier molecular flexibility index (Phi) is 6.66. The Labute approximate surface area is 208 Å². The van der Waals surface area contributed by atoms with E-state index in [0.717, 1.165) is 39.7 Å². The lowest BCUT2D eigenvalue weighted by Gasteiger charge is -2.41. The summed E-state index contributed by atoms with van der Waals surface area (Å²) in [6, 6.07) is 14.2. The number of carbonyl (C=O) groups is 1. The zero-order valence-electron chi connectivity index (χ0n) is 19.7. The van der Waals surface area contributed by atoms with E-state index in [1.165, 1.54) is 12.3 Å². The van der Waals surface area contributed by atoms with Gasteiger partial charge in [-0.15, -0.1) is 11.3 Å². The van der Waals surface area contributed by atoms with E-state index in [1.54, 1.807) is 35.7 Å². The molecule has 3 aromatic heterocycles. The molecule has 0 spiro atoms. The molecule has 180 valence electrons. The standard InChI is InChI=1S/C27H27FN4O2S/c1-18-19(2)35-27(30-26(33)23-10-6-16-34-23)24(18)25(20-7-5-11-29-17-20)32-14-12-31(13-15-32)22-9-4-3-8-21(22)28/h3-11,16-17,25H,12-15H2,1-2H3,(H,30,33)/t25-/m1/s1. The van der Waals surface area contributed by atoms with Gasteiger partial charge in [0, 0.05) is 49.0 Å². The number of anilines is 2. The molecule has 4 aromatic rings. The Hall–Kier alpha value is -3.49. The fourth-order valence-electron chi connectivity index (χ4n) is 4.67. The lowest BCUT2D eigenvalue weighted by molar-refractivity contribution is 0.0996. The van der Waals surface area contributed by atoms with E-state index in [0.29, 0.717) is 18.8 Å². The van der Waals surface area contributed by atoms with Gasteiger partial charge in [0.2, 0.25) is 0 Å². The number of nitrogens with one attached hydrogen (secondary N) is 1. The van der Waals surface area contributed by atoms with Crippen molar-refractivity contribution in [2.45, 2.75) is 19.9 Å². The molecule has 8 heteroatoms. The Morgan fingerprint density at radius 2 is 1.89 bits per heavy atom. The van der Waals surface area contributed by atoms with Gasteiger partial charge in [-0.3, -0.25) is 14.7 Å². The number of para-hydroxylation sites is 1. The maximum absolute atomic E-state index is 14.4. The molecule has 6 nitrogen and oxygen atoms in total. The third kappa shape index (κ3) is 4.72. The second kappa shape index (κ2) is 10.0. The summed E-state index contributed by atoms with van der Waals surface area (Å²) in [7, 11) is 0. The molecule has 0 bridgehead atoms. The van der Waals surface area contributed by atoms with Gasteiger partial charge in [0.05, 0.1) is 18.0 Å². The molecule has 1 saturated heterocycles. The average molecular weight is 491 g/mol. The molecular weight excluding hydrogens is 463 g/mol. The van der Waals surface area contributed by atoms with Crippen LogP contribution in [0.25, 0.3) is 0 Å². The Morgan fingerprint density at radius 1 is 1.09 bits per heavy atom. The number of benzene rings is 1. The number of rotatable bonds is 6. The molecule has 35 heavy (non-hydrogen) atoms. The van der Waals surface area contributed by atoms with Crippen molar-refractivity contribution in [3.8, 4) is 0 Å². The lowest BCUT2D eigenvalue weighted by atomic mass is 9.95. The van der Waals surface area contributed by atoms with Gasteiger partial charge in [-0.2, -0.15) is 0 Å². The van der Waals surface area contributed by atoms with Crippen molar-refractivity contribution >= 4 is 27.9 Å². The molecule has 0 saturated carbocycles. The first kappa shape index (κ1) is 23.3. The SMILES string of the molecule is Cc1sc(NC(=O)c2ccco2)c([C@@H](c2cccnc2)N2CCN(c3ccccc3F)CC2)c1C. The van der Waals surface area contributed by atoms with Crippen molar-refractivity contribution < 1.29 is 13.6 Å². The quantitative estimate of drug-likeness (QED) is 0.378. The minimum Gasteiger partial charge on any atom is -0.459 e. The van der Waals surface area contributed by atoms with Crippen LogP contribution >= 0.6 is 11.3 Å². The fourth-order valence-corrected chi connectivity index (χ4v) is 5.75. The van der Waals surface area contributed by atoms with E-state index in [9.17, 15) is 9.18 Å². The minimum atomic E-state index is -0.271. The zero-order valence-corrected chi connectivity index (χ0v) is 20.5. The number of aromatic nitrogens is 1. The number of thiophene rings is 1. The largest absolute Gasteiger partial charge is 0.459 e. The second-order valence-corrected chi connectivity index (χ2v) is 9.85. The molecule has 0 aliphatic carbocycles. The van der Waals surface area contributed by atoms with Gasteiger partial charge in [0.25, 0.3) is 5.91 Å². The van der Waals surface area contributed by atoms with Crippen LogP contribution in [0.2, 0.25) is 0 Å². The number of halogens is 1. The Morgan fingerprint density at radius 3 is 2.57 bits per heavy atom. The second-order valence-electron chi connectivity index (χ2n) is 8.62. The minimum absolute atomic E-state index is 0.0941. The summed E-state index contributed by atoms with van der Waals surface area (Å²) in [5.74, 6) is -0.195. The summed E-state index contributed by atoms with van der Waals surface area (Å²) in [5, 5.41) is 3.90. The van der Waals surface area contributed by atoms with E-state index < -0.39 is 0 Å². The summed E-state index contributed by atoms with van der Waals surface area (Å²) >= 11 is 1.57. The number of pyridine rings is 1. The van der Waals surface area contributed by atoms with Crippen molar-refractivity contribution in [3.63, 3.8) is 0 Å². The molecular formula is C27H27FN4O2S. The highest BCUT2D eigenvalue weighted by molar-refractivity contribution is 7.16. The molecule has 0 unspecified atom stereocenters. The molecule has 1 atom stereocenters. The van der Waals surface area contributed by atoms with Gasteiger partial charge >= 0.3 is 0 Å². The number of aryl methyl sites for hydroxylation is 1. The van der Waals surface area contributed by atoms with Crippen LogP contribution in [0, 0.1) is 19.7 Å². The van der Waals surface area contributed by atoms with Gasteiger partial charge < -0.3 is 14.6 Å². The molecule has 4 heterocycles. The van der Waals surface area contributed by atoms with Crippen LogP contribution in [0.4, 0.5) is 15.1 Å². The summed E-state index contributed by atoms with van der Waals surface area (Å²) in [6.07, 6.45) is 5.15. The normalized spacial score (nSPS) is 15.2. The molecule has 1 amide bonds. The fraction of sp³-hybridized carbons (Fsp3) is 0.259. The molecule has 1 fully saturated rings. The van der Waals surface area contributed by atoms with Crippen molar-refractivity contribution in [2.24, 2.45) is 0 Å². The van der Waals surface area contributed by atoms with E-state index in [4.69, 9.17) is 4.42 Å². The van der Waals surface area contributed by atoms with Crippen LogP contribution in [0.3, 0.4) is 0 Å².